The lowest BCUT2D eigenvalue weighted by Gasteiger charge is -2.27. The van der Waals surface area contributed by atoms with Crippen LogP contribution >= 0.6 is 0 Å². The van der Waals surface area contributed by atoms with Gasteiger partial charge in [-0.2, -0.15) is 0 Å². The summed E-state index contributed by atoms with van der Waals surface area (Å²) in [6.45, 7) is 1.40. The minimum atomic E-state index is -0.924. The molecule has 1 aromatic carbocycles. The van der Waals surface area contributed by atoms with Crippen molar-refractivity contribution in [1.82, 2.24) is 0 Å². The third-order valence-corrected chi connectivity index (χ3v) is 3.93. The van der Waals surface area contributed by atoms with E-state index in [2.05, 4.69) is 5.32 Å². The number of hydrogen-bond acceptors (Lipinski definition) is 3. The van der Waals surface area contributed by atoms with E-state index in [4.69, 9.17) is 4.74 Å². The molecule has 1 aliphatic carbocycles. The molecule has 1 fully saturated rings. The molecule has 2 rings (SSSR count). The summed E-state index contributed by atoms with van der Waals surface area (Å²) in [5.41, 5.74) is 0.190. The van der Waals surface area contributed by atoms with Crippen molar-refractivity contribution in [2.45, 2.75) is 38.0 Å². The number of anilines is 1. The Kier molecular flexibility index (Phi) is 3.97. The van der Waals surface area contributed by atoms with Crippen LogP contribution in [0.3, 0.4) is 0 Å². The van der Waals surface area contributed by atoms with Crippen molar-refractivity contribution in [3.05, 3.63) is 23.8 Å². The number of amides is 1. The lowest BCUT2D eigenvalue weighted by Crippen LogP contribution is -2.33. The fourth-order valence-electron chi connectivity index (χ4n) is 2.98. The van der Waals surface area contributed by atoms with Crippen LogP contribution in [0, 0.1) is 0 Å². The Labute approximate surface area is 117 Å². The number of rotatable bonds is 4. The van der Waals surface area contributed by atoms with Gasteiger partial charge in [-0.1, -0.05) is 25.0 Å². The van der Waals surface area contributed by atoms with Gasteiger partial charge in [-0.3, -0.25) is 9.59 Å². The number of aliphatic carboxylic acids is 1. The molecule has 0 spiro atoms. The smallest absolute Gasteiger partial charge is 0.314 e. The fourth-order valence-corrected chi connectivity index (χ4v) is 2.98. The van der Waals surface area contributed by atoms with E-state index < -0.39 is 11.4 Å². The average molecular weight is 277 g/mol. The Bertz CT molecular complexity index is 533. The summed E-state index contributed by atoms with van der Waals surface area (Å²) in [5.74, 6) is -0.589. The summed E-state index contributed by atoms with van der Waals surface area (Å²) in [6, 6.07) is 5.26. The zero-order chi connectivity index (χ0) is 14.8. The van der Waals surface area contributed by atoms with E-state index in [0.29, 0.717) is 29.8 Å². The monoisotopic (exact) mass is 277 g/mol. The number of carboxylic acids is 1. The van der Waals surface area contributed by atoms with Crippen LogP contribution in [-0.4, -0.2) is 24.1 Å². The Morgan fingerprint density at radius 1 is 1.30 bits per heavy atom. The molecular weight excluding hydrogens is 258 g/mol. The van der Waals surface area contributed by atoms with E-state index in [-0.39, 0.29) is 5.91 Å². The second-order valence-corrected chi connectivity index (χ2v) is 5.16. The normalized spacial score (nSPS) is 16.7. The molecule has 20 heavy (non-hydrogen) atoms. The number of benzene rings is 1. The molecular formula is C15H19NO4. The fraction of sp³-hybridized carbons (Fsp3) is 0.467. The number of carboxylic acid groups (broad SMARTS) is 1. The number of para-hydroxylation sites is 1. The molecule has 0 atom stereocenters. The Balaban J connectivity index is 2.60. The molecule has 0 saturated heterocycles. The SMILES string of the molecule is COc1cccc(C2(C(=O)O)CCCC2)c1NC(C)=O. The van der Waals surface area contributed by atoms with Crippen molar-refractivity contribution in [2.75, 3.05) is 12.4 Å². The predicted octanol–water partition coefficient (Wildman–Crippen LogP) is 2.55. The number of carbonyl (C=O) groups excluding carboxylic acids is 1. The van der Waals surface area contributed by atoms with Gasteiger partial charge in [0, 0.05) is 6.92 Å². The highest BCUT2D eigenvalue weighted by molar-refractivity contribution is 5.94. The molecule has 0 heterocycles. The van der Waals surface area contributed by atoms with Gasteiger partial charge in [0.25, 0.3) is 0 Å². The van der Waals surface area contributed by atoms with Gasteiger partial charge >= 0.3 is 5.97 Å². The summed E-state index contributed by atoms with van der Waals surface area (Å²) in [4.78, 5) is 23.2. The molecule has 108 valence electrons. The largest absolute Gasteiger partial charge is 0.495 e. The maximum atomic E-state index is 11.8. The first-order valence-corrected chi connectivity index (χ1v) is 6.70. The van der Waals surface area contributed by atoms with Crippen LogP contribution < -0.4 is 10.1 Å². The highest BCUT2D eigenvalue weighted by Crippen LogP contribution is 2.46. The first-order valence-electron chi connectivity index (χ1n) is 6.70. The lowest BCUT2D eigenvalue weighted by atomic mass is 9.78. The van der Waals surface area contributed by atoms with E-state index in [1.807, 2.05) is 0 Å². The van der Waals surface area contributed by atoms with Crippen molar-refractivity contribution < 1.29 is 19.4 Å². The highest BCUT2D eigenvalue weighted by atomic mass is 16.5. The molecule has 0 radical (unpaired) electrons. The summed E-state index contributed by atoms with van der Waals surface area (Å²) in [6.07, 6.45) is 2.93. The quantitative estimate of drug-likeness (QED) is 0.886. The van der Waals surface area contributed by atoms with Gasteiger partial charge in [-0.25, -0.2) is 0 Å². The van der Waals surface area contributed by atoms with Crippen LogP contribution in [0.1, 0.15) is 38.2 Å². The second-order valence-electron chi connectivity index (χ2n) is 5.16. The average Bonchev–Trinajstić information content (AvgIpc) is 2.89. The topological polar surface area (TPSA) is 75.6 Å². The summed E-state index contributed by atoms with van der Waals surface area (Å²) in [7, 11) is 1.51. The molecule has 2 N–H and O–H groups in total. The van der Waals surface area contributed by atoms with E-state index >= 15 is 0 Å². The van der Waals surface area contributed by atoms with Crippen molar-refractivity contribution >= 4 is 17.6 Å². The number of hydrogen-bond donors (Lipinski definition) is 2. The van der Waals surface area contributed by atoms with E-state index in [1.165, 1.54) is 14.0 Å². The van der Waals surface area contributed by atoms with E-state index in [1.54, 1.807) is 18.2 Å². The zero-order valence-corrected chi connectivity index (χ0v) is 11.7. The highest BCUT2D eigenvalue weighted by Gasteiger charge is 2.45. The molecule has 5 heteroatoms. The molecule has 0 unspecified atom stereocenters. The maximum absolute atomic E-state index is 11.8. The maximum Gasteiger partial charge on any atom is 0.314 e. The standard InChI is InChI=1S/C15H19NO4/c1-10(17)16-13-11(6-5-7-12(13)20-2)15(14(18)19)8-3-4-9-15/h5-7H,3-4,8-9H2,1-2H3,(H,16,17)(H,18,19). The number of methoxy groups -OCH3 is 1. The van der Waals surface area contributed by atoms with Crippen molar-refractivity contribution in [3.8, 4) is 5.75 Å². The molecule has 1 amide bonds. The van der Waals surface area contributed by atoms with Crippen LogP contribution in [0.5, 0.6) is 5.75 Å². The van der Waals surface area contributed by atoms with Crippen LogP contribution in [0.15, 0.2) is 18.2 Å². The molecule has 1 saturated carbocycles. The second kappa shape index (κ2) is 5.53. The Morgan fingerprint density at radius 3 is 2.45 bits per heavy atom. The van der Waals surface area contributed by atoms with Gasteiger partial charge < -0.3 is 15.2 Å². The van der Waals surface area contributed by atoms with Gasteiger partial charge in [0.15, 0.2) is 0 Å². The van der Waals surface area contributed by atoms with Crippen LogP contribution in [-0.2, 0) is 15.0 Å². The van der Waals surface area contributed by atoms with Crippen LogP contribution in [0.25, 0.3) is 0 Å². The number of nitrogens with one attached hydrogen (secondary N) is 1. The lowest BCUT2D eigenvalue weighted by molar-refractivity contribution is -0.143. The third kappa shape index (κ3) is 2.35. The van der Waals surface area contributed by atoms with Gasteiger partial charge in [0.05, 0.1) is 18.2 Å². The first-order chi connectivity index (χ1) is 9.51. The van der Waals surface area contributed by atoms with Crippen molar-refractivity contribution in [2.24, 2.45) is 0 Å². The Hall–Kier alpha value is -2.04. The van der Waals surface area contributed by atoms with Crippen LogP contribution in [0.2, 0.25) is 0 Å². The summed E-state index contributed by atoms with van der Waals surface area (Å²) in [5, 5.41) is 12.4. The summed E-state index contributed by atoms with van der Waals surface area (Å²) < 4.78 is 5.26. The van der Waals surface area contributed by atoms with Gasteiger partial charge in [0.1, 0.15) is 5.75 Å². The van der Waals surface area contributed by atoms with Gasteiger partial charge in [-0.05, 0) is 24.5 Å². The van der Waals surface area contributed by atoms with Gasteiger partial charge in [-0.15, -0.1) is 0 Å². The molecule has 1 aromatic rings. The third-order valence-electron chi connectivity index (χ3n) is 3.93. The molecule has 5 nitrogen and oxygen atoms in total. The predicted molar refractivity (Wildman–Crippen MR) is 75.1 cm³/mol. The minimum Gasteiger partial charge on any atom is -0.495 e. The molecule has 1 aliphatic rings. The van der Waals surface area contributed by atoms with Crippen LogP contribution in [0.4, 0.5) is 5.69 Å². The first kappa shape index (κ1) is 14.4. The van der Waals surface area contributed by atoms with Gasteiger partial charge in [0.2, 0.25) is 5.91 Å². The minimum absolute atomic E-state index is 0.241. The molecule has 0 aliphatic heterocycles. The summed E-state index contributed by atoms with van der Waals surface area (Å²) >= 11 is 0. The van der Waals surface area contributed by atoms with E-state index in [9.17, 15) is 14.7 Å². The van der Waals surface area contributed by atoms with E-state index in [0.717, 1.165) is 12.8 Å². The van der Waals surface area contributed by atoms with Crippen molar-refractivity contribution in [3.63, 3.8) is 0 Å². The number of ether oxygens (including phenoxy) is 1. The molecule has 0 bridgehead atoms. The molecule has 0 aromatic heterocycles. The van der Waals surface area contributed by atoms with Crippen molar-refractivity contribution in [1.29, 1.82) is 0 Å². The Morgan fingerprint density at radius 2 is 1.95 bits per heavy atom. The zero-order valence-electron chi connectivity index (χ0n) is 11.7. The number of carbonyl (C=O) groups is 2.